The Hall–Kier alpha value is -4.53. The monoisotopic (exact) mass is 640 g/mol. The Morgan fingerprint density at radius 1 is 1.04 bits per heavy atom. The molecule has 0 aliphatic carbocycles. The lowest BCUT2D eigenvalue weighted by Crippen LogP contribution is -2.50. The van der Waals surface area contributed by atoms with Crippen LogP contribution in [0, 0.1) is 5.92 Å². The summed E-state index contributed by atoms with van der Waals surface area (Å²) in [5, 5.41) is 15.4. The quantitative estimate of drug-likeness (QED) is 0.318. The fourth-order valence-corrected chi connectivity index (χ4v) is 6.25. The number of sulfonamides is 1. The van der Waals surface area contributed by atoms with Crippen molar-refractivity contribution < 1.29 is 42.1 Å². The molecule has 3 N–H and O–H groups in total. The number of nitrogens with one attached hydrogen (secondary N) is 2. The van der Waals surface area contributed by atoms with Crippen LogP contribution in [0.4, 0.5) is 16.2 Å². The average Bonchev–Trinajstić information content (AvgIpc) is 3.50. The number of nitrogens with zero attached hydrogens (tertiary/aromatic N) is 2. The maximum Gasteiger partial charge on any atom is 0.323 e. The van der Waals surface area contributed by atoms with Crippen molar-refractivity contribution in [3.63, 3.8) is 0 Å². The summed E-state index contributed by atoms with van der Waals surface area (Å²) in [6.07, 6.45) is -0.656. The Balaban J connectivity index is 1.38. The number of aliphatic hydroxyl groups excluding tert-OH is 1. The van der Waals surface area contributed by atoms with Crippen LogP contribution in [-0.4, -0.2) is 87.5 Å². The fourth-order valence-electron chi connectivity index (χ4n) is 5.07. The number of urea groups is 1. The molecule has 2 aliphatic heterocycles. The van der Waals surface area contributed by atoms with Gasteiger partial charge in [0.15, 0.2) is 11.5 Å². The molecule has 0 fully saturated rings. The van der Waals surface area contributed by atoms with Gasteiger partial charge in [-0.15, -0.1) is 0 Å². The number of carbonyl (C=O) groups excluding carboxylic acids is 2. The zero-order valence-corrected chi connectivity index (χ0v) is 26.2. The number of carbonyl (C=O) groups is 2. The summed E-state index contributed by atoms with van der Waals surface area (Å²) in [5.41, 5.74) is 0.967. The topological polar surface area (TPSA) is 156 Å². The van der Waals surface area contributed by atoms with Crippen LogP contribution < -0.4 is 29.6 Å². The van der Waals surface area contributed by atoms with E-state index in [9.17, 15) is 23.1 Å². The second-order valence-electron chi connectivity index (χ2n) is 10.9. The van der Waals surface area contributed by atoms with Crippen molar-refractivity contribution in [2.45, 2.75) is 30.9 Å². The van der Waals surface area contributed by atoms with Gasteiger partial charge in [-0.1, -0.05) is 6.92 Å². The Morgan fingerprint density at radius 3 is 2.36 bits per heavy atom. The molecule has 0 unspecified atom stereocenters. The van der Waals surface area contributed by atoms with Crippen LogP contribution in [0.3, 0.4) is 0 Å². The Labute approximate surface area is 261 Å². The molecular weight excluding hydrogens is 604 g/mol. The van der Waals surface area contributed by atoms with E-state index in [2.05, 4.69) is 10.6 Å². The van der Waals surface area contributed by atoms with Crippen LogP contribution in [0.25, 0.3) is 0 Å². The van der Waals surface area contributed by atoms with Gasteiger partial charge in [0.25, 0.3) is 5.91 Å². The summed E-state index contributed by atoms with van der Waals surface area (Å²) in [6.45, 7) is 3.61. The van der Waals surface area contributed by atoms with Gasteiger partial charge in [-0.05, 0) is 61.5 Å². The maximum atomic E-state index is 13.8. The maximum absolute atomic E-state index is 13.8. The van der Waals surface area contributed by atoms with Crippen molar-refractivity contribution in [2.24, 2.45) is 5.92 Å². The van der Waals surface area contributed by atoms with E-state index in [1.54, 1.807) is 49.4 Å². The van der Waals surface area contributed by atoms with Gasteiger partial charge < -0.3 is 39.6 Å². The highest BCUT2D eigenvalue weighted by molar-refractivity contribution is 7.89. The van der Waals surface area contributed by atoms with Crippen LogP contribution in [0.2, 0.25) is 0 Å². The number of rotatable bonds is 9. The molecule has 3 atom stereocenters. The Kier molecular flexibility index (Phi) is 9.37. The van der Waals surface area contributed by atoms with Crippen LogP contribution in [0.5, 0.6) is 23.0 Å². The van der Waals surface area contributed by atoms with Gasteiger partial charge in [-0.25, -0.2) is 13.2 Å². The van der Waals surface area contributed by atoms with Crippen LogP contribution in [0.1, 0.15) is 24.2 Å². The molecular formula is C31H36N4O9S. The summed E-state index contributed by atoms with van der Waals surface area (Å²) in [6, 6.07) is 14.7. The molecule has 0 saturated carbocycles. The minimum atomic E-state index is -3.87. The third kappa shape index (κ3) is 6.92. The van der Waals surface area contributed by atoms with Crippen LogP contribution in [-0.2, 0) is 10.0 Å². The van der Waals surface area contributed by atoms with Gasteiger partial charge in [-0.2, -0.15) is 4.31 Å². The molecule has 0 spiro atoms. The van der Waals surface area contributed by atoms with E-state index in [-0.39, 0.29) is 48.6 Å². The first-order valence-electron chi connectivity index (χ1n) is 14.3. The molecule has 13 nitrogen and oxygen atoms in total. The minimum absolute atomic E-state index is 0.0115. The van der Waals surface area contributed by atoms with Crippen LogP contribution in [0.15, 0.2) is 65.6 Å². The second-order valence-corrected chi connectivity index (χ2v) is 13.0. The highest BCUT2D eigenvalue weighted by atomic mass is 32.2. The number of amides is 3. The number of anilines is 2. The van der Waals surface area contributed by atoms with Gasteiger partial charge in [0, 0.05) is 37.0 Å². The molecule has 240 valence electrons. The van der Waals surface area contributed by atoms with E-state index < -0.39 is 34.1 Å². The van der Waals surface area contributed by atoms with Gasteiger partial charge in [0.2, 0.25) is 16.8 Å². The Morgan fingerprint density at radius 2 is 1.69 bits per heavy atom. The van der Waals surface area contributed by atoms with Crippen molar-refractivity contribution in [1.29, 1.82) is 0 Å². The first-order valence-corrected chi connectivity index (χ1v) is 15.7. The lowest BCUT2D eigenvalue weighted by atomic mass is 9.99. The third-order valence-electron chi connectivity index (χ3n) is 7.76. The molecule has 2 aliphatic rings. The second kappa shape index (κ2) is 13.2. The first kappa shape index (κ1) is 31.9. The molecule has 3 aromatic carbocycles. The average molecular weight is 641 g/mol. The standard InChI is InChI=1S/C31H36N4O9S/c1-19-15-35(20(2)17-36)30(37)25-13-21(32-31(38)33-22-6-12-27-28(14-22)43-18-42-27)5-11-26(25)44-29(19)16-34(3)45(39,40)24-9-7-23(41-4)8-10-24/h5-14,19-20,29,36H,15-18H2,1-4H3,(H2,32,33,38)/t19-,20+,29+/m0/s1. The third-order valence-corrected chi connectivity index (χ3v) is 9.60. The van der Waals surface area contributed by atoms with Gasteiger partial charge in [-0.3, -0.25) is 4.79 Å². The summed E-state index contributed by atoms with van der Waals surface area (Å²) < 4.78 is 50.1. The molecule has 45 heavy (non-hydrogen) atoms. The number of methoxy groups -OCH3 is 1. The predicted octanol–water partition coefficient (Wildman–Crippen LogP) is 3.61. The van der Waals surface area contributed by atoms with Gasteiger partial charge in [0.1, 0.15) is 17.6 Å². The van der Waals surface area contributed by atoms with E-state index >= 15 is 0 Å². The lowest BCUT2D eigenvalue weighted by Gasteiger charge is -2.38. The molecule has 5 rings (SSSR count). The van der Waals surface area contributed by atoms with Gasteiger partial charge in [0.05, 0.1) is 36.8 Å². The number of fused-ring (bicyclic) bond motifs is 2. The fraction of sp³-hybridized carbons (Fsp3) is 0.355. The van der Waals surface area contributed by atoms with E-state index in [4.69, 9.17) is 18.9 Å². The highest BCUT2D eigenvalue weighted by Crippen LogP contribution is 2.35. The number of hydrogen-bond donors (Lipinski definition) is 3. The minimum Gasteiger partial charge on any atom is -0.497 e. The lowest BCUT2D eigenvalue weighted by molar-refractivity contribution is 0.0387. The highest BCUT2D eigenvalue weighted by Gasteiger charge is 2.35. The number of likely N-dealkylation sites (N-methyl/N-ethyl adjacent to an activating group) is 1. The number of benzene rings is 3. The molecule has 0 saturated heterocycles. The van der Waals surface area contributed by atoms with Crippen molar-refractivity contribution in [3.05, 3.63) is 66.2 Å². The van der Waals surface area contributed by atoms with Crippen LogP contribution >= 0.6 is 0 Å². The molecule has 0 bridgehead atoms. The first-order chi connectivity index (χ1) is 21.5. The number of aliphatic hydroxyl groups is 1. The summed E-state index contributed by atoms with van der Waals surface area (Å²) in [5.74, 6) is 1.16. The smallest absolute Gasteiger partial charge is 0.323 e. The van der Waals surface area contributed by atoms with E-state index in [0.717, 1.165) is 0 Å². The molecule has 3 amide bonds. The molecule has 3 aromatic rings. The van der Waals surface area contributed by atoms with E-state index in [1.807, 2.05) is 6.92 Å². The number of ether oxygens (including phenoxy) is 4. The summed E-state index contributed by atoms with van der Waals surface area (Å²) >= 11 is 0. The van der Waals surface area contributed by atoms with E-state index in [1.165, 1.54) is 41.6 Å². The molecule has 0 aromatic heterocycles. The van der Waals surface area contributed by atoms with E-state index in [0.29, 0.717) is 28.6 Å². The summed E-state index contributed by atoms with van der Waals surface area (Å²) in [4.78, 5) is 28.2. The van der Waals surface area contributed by atoms with Crippen molar-refractivity contribution >= 4 is 33.3 Å². The molecule has 2 heterocycles. The van der Waals surface area contributed by atoms with Crippen molar-refractivity contribution in [3.8, 4) is 23.0 Å². The van der Waals surface area contributed by atoms with Crippen molar-refractivity contribution in [1.82, 2.24) is 9.21 Å². The normalized spacial score (nSPS) is 18.4. The predicted molar refractivity (Wildman–Crippen MR) is 166 cm³/mol. The summed E-state index contributed by atoms with van der Waals surface area (Å²) in [7, 11) is -0.898. The zero-order valence-electron chi connectivity index (χ0n) is 25.3. The van der Waals surface area contributed by atoms with Gasteiger partial charge >= 0.3 is 6.03 Å². The Bertz CT molecular complexity index is 1670. The molecule has 0 radical (unpaired) electrons. The largest absolute Gasteiger partial charge is 0.497 e. The van der Waals surface area contributed by atoms with Crippen molar-refractivity contribution in [2.75, 3.05) is 51.3 Å². The SMILES string of the molecule is COc1ccc(S(=O)(=O)N(C)C[C@H]2Oc3ccc(NC(=O)Nc4ccc5c(c4)OCO5)cc3C(=O)N([C@H](C)CO)C[C@@H]2C)cc1. The molecule has 14 heteroatoms. The zero-order chi connectivity index (χ0) is 32.3. The number of hydrogen-bond acceptors (Lipinski definition) is 9.